The lowest BCUT2D eigenvalue weighted by molar-refractivity contribution is -0.132. The lowest BCUT2D eigenvalue weighted by Gasteiger charge is -2.26. The van der Waals surface area contributed by atoms with E-state index in [0.717, 1.165) is 37.1 Å². The zero-order valence-corrected chi connectivity index (χ0v) is 15.8. The van der Waals surface area contributed by atoms with Crippen molar-refractivity contribution in [2.45, 2.75) is 38.0 Å². The summed E-state index contributed by atoms with van der Waals surface area (Å²) in [7, 11) is 0. The molecule has 0 radical (unpaired) electrons. The number of hydrogen-bond donors (Lipinski definition) is 1. The predicted octanol–water partition coefficient (Wildman–Crippen LogP) is 3.05. The fourth-order valence-corrected chi connectivity index (χ4v) is 3.88. The second-order valence-corrected chi connectivity index (χ2v) is 7.38. The number of hydrogen-bond acceptors (Lipinski definition) is 4. The minimum Gasteiger partial charge on any atom is -0.342 e. The van der Waals surface area contributed by atoms with Gasteiger partial charge in [0.15, 0.2) is 11.1 Å². The number of H-pyrrole nitrogens is 1. The van der Waals surface area contributed by atoms with Gasteiger partial charge in [-0.3, -0.25) is 14.7 Å². The maximum atomic E-state index is 13.4. The zero-order chi connectivity index (χ0) is 19.3. The summed E-state index contributed by atoms with van der Waals surface area (Å²) >= 11 is 0. The molecule has 6 heteroatoms. The fourth-order valence-electron chi connectivity index (χ4n) is 3.88. The quantitative estimate of drug-likeness (QED) is 0.759. The molecule has 0 spiro atoms. The maximum absolute atomic E-state index is 13.4. The molecule has 1 atom stereocenters. The van der Waals surface area contributed by atoms with Crippen LogP contribution in [0.5, 0.6) is 0 Å². The van der Waals surface area contributed by atoms with Crippen molar-refractivity contribution in [1.82, 2.24) is 20.1 Å². The number of carbonyl (C=O) groups is 1. The van der Waals surface area contributed by atoms with Gasteiger partial charge >= 0.3 is 0 Å². The number of fused-ring (bicyclic) bond motifs is 1. The van der Waals surface area contributed by atoms with Crippen molar-refractivity contribution in [2.75, 3.05) is 13.1 Å². The van der Waals surface area contributed by atoms with E-state index in [1.54, 1.807) is 12.3 Å². The Bertz CT molecular complexity index is 1010. The number of aromatic nitrogens is 3. The van der Waals surface area contributed by atoms with E-state index < -0.39 is 0 Å². The number of carbonyl (C=O) groups excluding carboxylic acids is 1. The molecule has 28 heavy (non-hydrogen) atoms. The average molecular weight is 376 g/mol. The first-order valence-electron chi connectivity index (χ1n) is 9.88. The molecule has 1 aliphatic rings. The molecular weight excluding hydrogens is 352 g/mol. The fraction of sp³-hybridized carbons (Fsp3) is 0.364. The summed E-state index contributed by atoms with van der Waals surface area (Å²) in [6.07, 6.45) is 8.08. The van der Waals surface area contributed by atoms with Crippen LogP contribution in [-0.2, 0) is 11.2 Å². The lowest BCUT2D eigenvalue weighted by Crippen LogP contribution is -2.36. The monoisotopic (exact) mass is 376 g/mol. The Labute approximate surface area is 163 Å². The summed E-state index contributed by atoms with van der Waals surface area (Å²) < 4.78 is 0. The Hall–Kier alpha value is -3.02. The van der Waals surface area contributed by atoms with E-state index in [9.17, 15) is 9.59 Å². The highest BCUT2D eigenvalue weighted by Crippen LogP contribution is 2.24. The lowest BCUT2D eigenvalue weighted by atomic mass is 9.91. The number of benzene rings is 1. The van der Waals surface area contributed by atoms with E-state index in [2.05, 4.69) is 15.2 Å². The van der Waals surface area contributed by atoms with Gasteiger partial charge in [-0.25, -0.2) is 4.98 Å². The molecule has 1 amide bonds. The molecule has 0 bridgehead atoms. The van der Waals surface area contributed by atoms with Crippen molar-refractivity contribution in [3.05, 3.63) is 70.1 Å². The highest BCUT2D eigenvalue weighted by atomic mass is 16.2. The summed E-state index contributed by atoms with van der Waals surface area (Å²) in [6, 6.07) is 11.4. The number of amides is 1. The van der Waals surface area contributed by atoms with Crippen LogP contribution in [0.3, 0.4) is 0 Å². The van der Waals surface area contributed by atoms with E-state index >= 15 is 0 Å². The number of likely N-dealkylation sites (tertiary alicyclic amines) is 1. The van der Waals surface area contributed by atoms with Gasteiger partial charge in [0.25, 0.3) is 0 Å². The minimum atomic E-state index is -0.320. The molecule has 1 unspecified atom stereocenters. The van der Waals surface area contributed by atoms with Crippen LogP contribution in [-0.4, -0.2) is 39.1 Å². The Kier molecular flexibility index (Phi) is 5.46. The summed E-state index contributed by atoms with van der Waals surface area (Å²) in [5, 5.41) is 7.08. The Balaban J connectivity index is 1.68. The van der Waals surface area contributed by atoms with Crippen molar-refractivity contribution >= 4 is 16.9 Å². The Morgan fingerprint density at radius 3 is 2.57 bits per heavy atom. The average Bonchev–Trinajstić information content (AvgIpc) is 2.94. The Morgan fingerprint density at radius 2 is 1.82 bits per heavy atom. The topological polar surface area (TPSA) is 79.0 Å². The molecular formula is C22H24N4O2. The van der Waals surface area contributed by atoms with Gasteiger partial charge in [0.1, 0.15) is 0 Å². The van der Waals surface area contributed by atoms with Crippen LogP contribution in [0.25, 0.3) is 11.0 Å². The predicted molar refractivity (Wildman–Crippen MR) is 108 cm³/mol. The summed E-state index contributed by atoms with van der Waals surface area (Å²) in [6.45, 7) is 1.62. The summed E-state index contributed by atoms with van der Waals surface area (Å²) in [4.78, 5) is 32.3. The van der Waals surface area contributed by atoms with Crippen molar-refractivity contribution in [3.8, 4) is 0 Å². The van der Waals surface area contributed by atoms with Crippen LogP contribution in [0.2, 0.25) is 0 Å². The summed E-state index contributed by atoms with van der Waals surface area (Å²) in [5.74, 6) is -0.182. The van der Waals surface area contributed by atoms with Crippen LogP contribution in [0.1, 0.15) is 42.7 Å². The highest BCUT2D eigenvalue weighted by molar-refractivity contribution is 5.84. The number of nitrogens with one attached hydrogen (secondary N) is 1. The molecule has 3 aromatic rings. The highest BCUT2D eigenvalue weighted by Gasteiger charge is 2.27. The molecule has 1 aliphatic heterocycles. The van der Waals surface area contributed by atoms with E-state index in [1.807, 2.05) is 35.2 Å². The standard InChI is InChI=1S/C22H24N4O2/c27-20-13-16(14-23-21-19(20)15-24-25-21)12-18(17-8-4-3-5-9-17)22(28)26-10-6-1-2-7-11-26/h3-5,8-9,13-15,18H,1-2,6-7,10-12H2,(H,24,25). The van der Waals surface area contributed by atoms with Gasteiger partial charge in [-0.1, -0.05) is 43.2 Å². The zero-order valence-electron chi connectivity index (χ0n) is 15.8. The normalized spacial score (nSPS) is 15.9. The van der Waals surface area contributed by atoms with Gasteiger partial charge in [0.05, 0.1) is 17.5 Å². The minimum absolute atomic E-state index is 0.134. The van der Waals surface area contributed by atoms with Crippen molar-refractivity contribution in [3.63, 3.8) is 0 Å². The summed E-state index contributed by atoms with van der Waals surface area (Å²) in [5.41, 5.74) is 2.06. The molecule has 6 nitrogen and oxygen atoms in total. The molecule has 1 fully saturated rings. The van der Waals surface area contributed by atoms with E-state index in [-0.39, 0.29) is 17.3 Å². The maximum Gasteiger partial charge on any atom is 0.230 e. The van der Waals surface area contributed by atoms with E-state index in [4.69, 9.17) is 0 Å². The third-order valence-corrected chi connectivity index (χ3v) is 5.42. The number of rotatable bonds is 4. The first-order valence-corrected chi connectivity index (χ1v) is 9.88. The number of nitrogens with zero attached hydrogens (tertiary/aromatic N) is 3. The van der Waals surface area contributed by atoms with Gasteiger partial charge in [-0.15, -0.1) is 0 Å². The second-order valence-electron chi connectivity index (χ2n) is 7.38. The Morgan fingerprint density at radius 1 is 1.07 bits per heavy atom. The molecule has 3 heterocycles. The van der Waals surface area contributed by atoms with Crippen LogP contribution >= 0.6 is 0 Å². The van der Waals surface area contributed by atoms with Gasteiger partial charge in [0.2, 0.25) is 5.91 Å². The van der Waals surface area contributed by atoms with Gasteiger partial charge < -0.3 is 4.90 Å². The molecule has 1 saturated heterocycles. The largest absolute Gasteiger partial charge is 0.342 e. The van der Waals surface area contributed by atoms with E-state index in [1.165, 1.54) is 19.0 Å². The molecule has 144 valence electrons. The molecule has 0 aliphatic carbocycles. The van der Waals surface area contributed by atoms with Gasteiger partial charge in [-0.05, 0) is 36.5 Å². The SMILES string of the molecule is O=C(C(Cc1cnc2[nH]ncc2c(=O)c1)c1ccccc1)N1CCCCCC1. The van der Waals surface area contributed by atoms with Crippen LogP contribution in [0.4, 0.5) is 0 Å². The van der Waals surface area contributed by atoms with Gasteiger partial charge in [-0.2, -0.15) is 5.10 Å². The third kappa shape index (κ3) is 3.96. The van der Waals surface area contributed by atoms with Crippen molar-refractivity contribution < 1.29 is 4.79 Å². The molecule has 2 aromatic heterocycles. The second kappa shape index (κ2) is 8.33. The van der Waals surface area contributed by atoms with Crippen LogP contribution < -0.4 is 5.43 Å². The van der Waals surface area contributed by atoms with Crippen molar-refractivity contribution in [1.29, 1.82) is 0 Å². The number of aromatic amines is 1. The van der Waals surface area contributed by atoms with Gasteiger partial charge in [0, 0.05) is 19.3 Å². The smallest absolute Gasteiger partial charge is 0.230 e. The third-order valence-electron chi connectivity index (χ3n) is 5.42. The molecule has 1 aromatic carbocycles. The van der Waals surface area contributed by atoms with Crippen molar-refractivity contribution in [2.24, 2.45) is 0 Å². The van der Waals surface area contributed by atoms with E-state index in [0.29, 0.717) is 17.5 Å². The first kappa shape index (κ1) is 18.3. The van der Waals surface area contributed by atoms with Crippen LogP contribution in [0.15, 0.2) is 53.6 Å². The first-order chi connectivity index (χ1) is 13.7. The van der Waals surface area contributed by atoms with Crippen LogP contribution in [0, 0.1) is 0 Å². The molecule has 1 N–H and O–H groups in total. The molecule has 0 saturated carbocycles. The molecule has 4 rings (SSSR count).